The Morgan fingerprint density at radius 3 is 2.61 bits per heavy atom. The van der Waals surface area contributed by atoms with E-state index in [9.17, 15) is 0 Å². The SMILES string of the molecule is COc1ccc([C@H]2CC(C)(F)[C@@H]3CC[C@@H](C)C[C@H]3O2)cc1OC. The fourth-order valence-electron chi connectivity index (χ4n) is 4.19. The van der Waals surface area contributed by atoms with E-state index in [0.717, 1.165) is 24.8 Å². The van der Waals surface area contributed by atoms with Gasteiger partial charge in [0.05, 0.1) is 26.4 Å². The molecule has 3 rings (SSSR count). The van der Waals surface area contributed by atoms with E-state index in [4.69, 9.17) is 14.2 Å². The van der Waals surface area contributed by atoms with Crippen molar-refractivity contribution in [3.63, 3.8) is 0 Å². The van der Waals surface area contributed by atoms with Gasteiger partial charge in [-0.1, -0.05) is 19.4 Å². The van der Waals surface area contributed by atoms with Gasteiger partial charge in [0.1, 0.15) is 5.67 Å². The van der Waals surface area contributed by atoms with Crippen LogP contribution in [0.4, 0.5) is 4.39 Å². The van der Waals surface area contributed by atoms with Crippen molar-refractivity contribution < 1.29 is 18.6 Å². The summed E-state index contributed by atoms with van der Waals surface area (Å²) >= 11 is 0. The number of alkyl halides is 1. The van der Waals surface area contributed by atoms with Crippen molar-refractivity contribution in [2.45, 2.75) is 57.4 Å². The van der Waals surface area contributed by atoms with Crippen molar-refractivity contribution in [1.82, 2.24) is 0 Å². The third kappa shape index (κ3) is 3.18. The summed E-state index contributed by atoms with van der Waals surface area (Å²) in [4.78, 5) is 0. The molecule has 0 spiro atoms. The average Bonchev–Trinajstić information content (AvgIpc) is 2.52. The Balaban J connectivity index is 1.86. The maximum atomic E-state index is 15.3. The van der Waals surface area contributed by atoms with Crippen LogP contribution in [0, 0.1) is 11.8 Å². The second-order valence-electron chi connectivity index (χ2n) is 7.28. The smallest absolute Gasteiger partial charge is 0.161 e. The molecular weight excluding hydrogens is 295 g/mol. The van der Waals surface area contributed by atoms with Crippen LogP contribution in [0.5, 0.6) is 11.5 Å². The van der Waals surface area contributed by atoms with Crippen LogP contribution in [0.1, 0.15) is 51.2 Å². The van der Waals surface area contributed by atoms with Crippen molar-refractivity contribution in [1.29, 1.82) is 0 Å². The largest absolute Gasteiger partial charge is 0.493 e. The van der Waals surface area contributed by atoms with E-state index in [1.807, 2.05) is 18.2 Å². The molecule has 2 aliphatic rings. The molecule has 0 bridgehead atoms. The predicted octanol–water partition coefficient (Wildman–Crippen LogP) is 4.70. The zero-order valence-electron chi connectivity index (χ0n) is 14.5. The van der Waals surface area contributed by atoms with Crippen LogP contribution in [-0.2, 0) is 4.74 Å². The van der Waals surface area contributed by atoms with Crippen molar-refractivity contribution in [2.75, 3.05) is 14.2 Å². The second-order valence-corrected chi connectivity index (χ2v) is 7.28. The van der Waals surface area contributed by atoms with E-state index in [2.05, 4.69) is 6.92 Å². The first-order valence-electron chi connectivity index (χ1n) is 8.51. The van der Waals surface area contributed by atoms with E-state index < -0.39 is 5.67 Å². The summed E-state index contributed by atoms with van der Waals surface area (Å²) in [6.07, 6.45) is 3.17. The zero-order valence-corrected chi connectivity index (χ0v) is 14.5. The maximum Gasteiger partial charge on any atom is 0.161 e. The number of hydrogen-bond donors (Lipinski definition) is 0. The van der Waals surface area contributed by atoms with Crippen molar-refractivity contribution in [3.05, 3.63) is 23.8 Å². The third-order valence-corrected chi connectivity index (χ3v) is 5.53. The van der Waals surface area contributed by atoms with E-state index in [1.54, 1.807) is 21.1 Å². The molecule has 1 aliphatic heterocycles. The molecule has 1 aromatic carbocycles. The molecule has 4 heteroatoms. The molecule has 1 saturated carbocycles. The molecular formula is C19H27FO3. The Morgan fingerprint density at radius 1 is 1.17 bits per heavy atom. The molecule has 3 nitrogen and oxygen atoms in total. The summed E-state index contributed by atoms with van der Waals surface area (Å²) in [6.45, 7) is 3.98. The Bertz CT molecular complexity index is 558. The molecule has 2 fully saturated rings. The monoisotopic (exact) mass is 322 g/mol. The van der Waals surface area contributed by atoms with Gasteiger partial charge in [0.15, 0.2) is 11.5 Å². The molecule has 5 atom stereocenters. The maximum absolute atomic E-state index is 15.3. The second kappa shape index (κ2) is 6.31. The van der Waals surface area contributed by atoms with Gasteiger partial charge in [-0.2, -0.15) is 0 Å². The average molecular weight is 322 g/mol. The molecule has 1 unspecified atom stereocenters. The predicted molar refractivity (Wildman–Crippen MR) is 87.8 cm³/mol. The molecule has 1 heterocycles. The molecule has 0 aromatic heterocycles. The van der Waals surface area contributed by atoms with Gasteiger partial charge in [-0.05, 0) is 43.4 Å². The molecule has 0 N–H and O–H groups in total. The molecule has 1 aromatic rings. The van der Waals surface area contributed by atoms with E-state index in [0.29, 0.717) is 23.8 Å². The summed E-state index contributed by atoms with van der Waals surface area (Å²) in [5, 5.41) is 0. The van der Waals surface area contributed by atoms with E-state index in [-0.39, 0.29) is 18.1 Å². The standard InChI is InChI=1S/C19H27FO3/c1-12-5-7-14-16(9-12)23-18(11-19(14,2)20)13-6-8-15(21-3)17(10-13)22-4/h6,8,10,12,14,16,18H,5,7,9,11H2,1-4H3/t12-,14-,16-,18-,19?/m1/s1. The van der Waals surface area contributed by atoms with E-state index >= 15 is 4.39 Å². The van der Waals surface area contributed by atoms with Crippen molar-refractivity contribution in [3.8, 4) is 11.5 Å². The lowest BCUT2D eigenvalue weighted by molar-refractivity contribution is -0.171. The zero-order chi connectivity index (χ0) is 16.6. The number of halogens is 1. The lowest BCUT2D eigenvalue weighted by Gasteiger charge is -2.48. The number of fused-ring (bicyclic) bond motifs is 1. The summed E-state index contributed by atoms with van der Waals surface area (Å²) in [7, 11) is 3.22. The fourth-order valence-corrected chi connectivity index (χ4v) is 4.19. The first-order chi connectivity index (χ1) is 10.9. The number of hydrogen-bond acceptors (Lipinski definition) is 3. The van der Waals surface area contributed by atoms with Gasteiger partial charge in [0.25, 0.3) is 0 Å². The van der Waals surface area contributed by atoms with Crippen LogP contribution in [0.2, 0.25) is 0 Å². The lowest BCUT2D eigenvalue weighted by atomic mass is 9.69. The topological polar surface area (TPSA) is 27.7 Å². The Labute approximate surface area is 138 Å². The van der Waals surface area contributed by atoms with Crippen LogP contribution in [0.3, 0.4) is 0 Å². The van der Waals surface area contributed by atoms with Gasteiger partial charge in [0.2, 0.25) is 0 Å². The Hall–Kier alpha value is -1.29. The lowest BCUT2D eigenvalue weighted by Crippen LogP contribution is -2.49. The molecule has 0 radical (unpaired) electrons. The number of rotatable bonds is 3. The Morgan fingerprint density at radius 2 is 1.91 bits per heavy atom. The van der Waals surface area contributed by atoms with Gasteiger partial charge in [-0.3, -0.25) is 0 Å². The highest BCUT2D eigenvalue weighted by Gasteiger charge is 2.49. The number of methoxy groups -OCH3 is 2. The van der Waals surface area contributed by atoms with Gasteiger partial charge >= 0.3 is 0 Å². The first-order valence-corrected chi connectivity index (χ1v) is 8.51. The van der Waals surface area contributed by atoms with Gasteiger partial charge in [0, 0.05) is 12.3 Å². The normalized spacial score (nSPS) is 37.1. The Kier molecular flexibility index (Phi) is 4.54. The van der Waals surface area contributed by atoms with Crippen molar-refractivity contribution in [2.24, 2.45) is 11.8 Å². The molecule has 1 aliphatic carbocycles. The molecule has 0 amide bonds. The van der Waals surface area contributed by atoms with Crippen LogP contribution < -0.4 is 9.47 Å². The highest BCUT2D eigenvalue weighted by Crippen LogP contribution is 2.50. The minimum absolute atomic E-state index is 0.0144. The van der Waals surface area contributed by atoms with Crippen LogP contribution in [-0.4, -0.2) is 26.0 Å². The summed E-state index contributed by atoms with van der Waals surface area (Å²) in [5.41, 5.74) is -0.218. The van der Waals surface area contributed by atoms with Gasteiger partial charge in [-0.25, -0.2) is 4.39 Å². The molecule has 128 valence electrons. The van der Waals surface area contributed by atoms with Crippen molar-refractivity contribution >= 4 is 0 Å². The fraction of sp³-hybridized carbons (Fsp3) is 0.684. The van der Waals surface area contributed by atoms with Crippen LogP contribution in [0.25, 0.3) is 0 Å². The van der Waals surface area contributed by atoms with Gasteiger partial charge < -0.3 is 14.2 Å². The molecule has 1 saturated heterocycles. The van der Waals surface area contributed by atoms with Crippen LogP contribution in [0.15, 0.2) is 18.2 Å². The van der Waals surface area contributed by atoms with E-state index in [1.165, 1.54) is 0 Å². The minimum Gasteiger partial charge on any atom is -0.493 e. The number of ether oxygens (including phenoxy) is 3. The first kappa shape index (κ1) is 16.6. The highest BCUT2D eigenvalue weighted by atomic mass is 19.1. The quantitative estimate of drug-likeness (QED) is 0.807. The minimum atomic E-state index is -1.18. The third-order valence-electron chi connectivity index (χ3n) is 5.53. The summed E-state index contributed by atoms with van der Waals surface area (Å²) in [5.74, 6) is 1.97. The summed E-state index contributed by atoms with van der Waals surface area (Å²) in [6, 6.07) is 5.73. The summed E-state index contributed by atoms with van der Waals surface area (Å²) < 4.78 is 32.2. The number of benzene rings is 1. The van der Waals surface area contributed by atoms with Crippen LogP contribution >= 0.6 is 0 Å². The highest BCUT2D eigenvalue weighted by molar-refractivity contribution is 5.43. The van der Waals surface area contributed by atoms with Gasteiger partial charge in [-0.15, -0.1) is 0 Å². The molecule has 23 heavy (non-hydrogen) atoms.